The first kappa shape index (κ1) is 18.5. The lowest BCUT2D eigenvalue weighted by molar-refractivity contribution is 0.0579. The molecule has 1 aromatic heterocycles. The number of nitrogens with zero attached hydrogens (tertiary/aromatic N) is 3. The van der Waals surface area contributed by atoms with E-state index >= 15 is 0 Å². The van der Waals surface area contributed by atoms with Crippen LogP contribution in [0.4, 0.5) is 0 Å². The van der Waals surface area contributed by atoms with Crippen molar-refractivity contribution in [2.75, 3.05) is 6.54 Å². The SMILES string of the molecule is CC(C)(CN1C(=O)c2ccccc2C1=O)Cn1cc(C#N)c2ccc(Br)cc21. The normalized spacial score (nSPS) is 13.9. The molecular weight excluding hydrogens is 418 g/mol. The highest BCUT2D eigenvalue weighted by atomic mass is 79.9. The van der Waals surface area contributed by atoms with Gasteiger partial charge in [-0.3, -0.25) is 14.5 Å². The van der Waals surface area contributed by atoms with Crippen LogP contribution in [0.5, 0.6) is 0 Å². The van der Waals surface area contributed by atoms with Gasteiger partial charge in [0.05, 0.1) is 22.2 Å². The van der Waals surface area contributed by atoms with E-state index < -0.39 is 0 Å². The predicted octanol–water partition coefficient (Wildman–Crippen LogP) is 4.60. The van der Waals surface area contributed by atoms with Gasteiger partial charge in [-0.05, 0) is 24.3 Å². The van der Waals surface area contributed by atoms with Gasteiger partial charge in [-0.2, -0.15) is 5.26 Å². The Morgan fingerprint density at radius 1 is 1.04 bits per heavy atom. The summed E-state index contributed by atoms with van der Waals surface area (Å²) in [5.74, 6) is -0.488. The van der Waals surface area contributed by atoms with Crippen molar-refractivity contribution in [3.05, 3.63) is 69.8 Å². The quantitative estimate of drug-likeness (QED) is 0.562. The van der Waals surface area contributed by atoms with Crippen LogP contribution in [-0.2, 0) is 6.54 Å². The topological polar surface area (TPSA) is 66.1 Å². The van der Waals surface area contributed by atoms with Crippen LogP contribution < -0.4 is 0 Å². The zero-order valence-electron chi connectivity index (χ0n) is 15.6. The van der Waals surface area contributed by atoms with E-state index in [2.05, 4.69) is 22.0 Å². The van der Waals surface area contributed by atoms with E-state index in [1.54, 1.807) is 24.3 Å². The fourth-order valence-electron chi connectivity index (χ4n) is 3.81. The number of nitriles is 1. The van der Waals surface area contributed by atoms with E-state index in [0.717, 1.165) is 15.4 Å². The van der Waals surface area contributed by atoms with E-state index in [-0.39, 0.29) is 17.2 Å². The van der Waals surface area contributed by atoms with Gasteiger partial charge in [-0.15, -0.1) is 0 Å². The van der Waals surface area contributed by atoms with Crippen molar-refractivity contribution >= 4 is 38.6 Å². The standard InChI is InChI=1S/C22H18BrN3O2/c1-22(2,13-26-20(27)17-5-3-4-6-18(17)21(26)28)12-25-11-14(10-24)16-8-7-15(23)9-19(16)25/h3-9,11H,12-13H2,1-2H3. The zero-order chi connectivity index (χ0) is 20.1. The van der Waals surface area contributed by atoms with E-state index in [1.165, 1.54) is 4.90 Å². The summed E-state index contributed by atoms with van der Waals surface area (Å²) in [6.45, 7) is 4.91. The highest BCUT2D eigenvalue weighted by molar-refractivity contribution is 9.10. The number of amides is 2. The second-order valence-electron chi connectivity index (χ2n) is 7.85. The first-order chi connectivity index (χ1) is 13.3. The Balaban J connectivity index is 1.64. The third-order valence-electron chi connectivity index (χ3n) is 5.03. The number of benzene rings is 2. The molecule has 2 heterocycles. The minimum Gasteiger partial charge on any atom is -0.345 e. The number of halogens is 1. The van der Waals surface area contributed by atoms with Crippen molar-refractivity contribution < 1.29 is 9.59 Å². The summed E-state index contributed by atoms with van der Waals surface area (Å²) < 4.78 is 2.96. The van der Waals surface area contributed by atoms with E-state index in [9.17, 15) is 14.9 Å². The van der Waals surface area contributed by atoms with Crippen molar-refractivity contribution in [2.45, 2.75) is 20.4 Å². The maximum absolute atomic E-state index is 12.7. The van der Waals surface area contributed by atoms with E-state index in [4.69, 9.17) is 0 Å². The molecule has 0 aliphatic carbocycles. The second-order valence-corrected chi connectivity index (χ2v) is 8.77. The van der Waals surface area contributed by atoms with Crippen LogP contribution in [0, 0.1) is 16.7 Å². The van der Waals surface area contributed by atoms with Gasteiger partial charge >= 0.3 is 0 Å². The van der Waals surface area contributed by atoms with Crippen molar-refractivity contribution in [2.24, 2.45) is 5.41 Å². The lowest BCUT2D eigenvalue weighted by Gasteiger charge is -2.30. The molecule has 0 atom stereocenters. The van der Waals surface area contributed by atoms with Crippen LogP contribution in [0.3, 0.4) is 0 Å². The van der Waals surface area contributed by atoms with Gasteiger partial charge in [0, 0.05) is 34.6 Å². The average Bonchev–Trinajstić information content (AvgIpc) is 3.11. The molecule has 5 nitrogen and oxygen atoms in total. The molecule has 0 spiro atoms. The maximum Gasteiger partial charge on any atom is 0.261 e. The molecule has 6 heteroatoms. The zero-order valence-corrected chi connectivity index (χ0v) is 17.2. The van der Waals surface area contributed by atoms with Gasteiger partial charge in [0.25, 0.3) is 11.8 Å². The van der Waals surface area contributed by atoms with Crippen LogP contribution in [0.15, 0.2) is 53.1 Å². The van der Waals surface area contributed by atoms with Gasteiger partial charge in [-0.1, -0.05) is 48.0 Å². The molecule has 1 aliphatic heterocycles. The van der Waals surface area contributed by atoms with Crippen LogP contribution in [-0.4, -0.2) is 27.8 Å². The lowest BCUT2D eigenvalue weighted by Crippen LogP contribution is -2.40. The molecule has 0 N–H and O–H groups in total. The minimum atomic E-state index is -0.381. The first-order valence-corrected chi connectivity index (χ1v) is 9.74. The molecule has 3 aromatic rings. The van der Waals surface area contributed by atoms with Crippen molar-refractivity contribution in [1.29, 1.82) is 5.26 Å². The minimum absolute atomic E-state index is 0.244. The number of rotatable bonds is 4. The fourth-order valence-corrected chi connectivity index (χ4v) is 4.16. The number of hydrogen-bond acceptors (Lipinski definition) is 3. The molecule has 0 radical (unpaired) electrons. The summed E-state index contributed by atoms with van der Waals surface area (Å²) in [5, 5.41) is 10.3. The summed E-state index contributed by atoms with van der Waals surface area (Å²) >= 11 is 3.49. The summed E-state index contributed by atoms with van der Waals surface area (Å²) in [5.41, 5.74) is 2.10. The van der Waals surface area contributed by atoms with E-state index in [0.29, 0.717) is 29.8 Å². The second kappa shape index (κ2) is 6.61. The van der Waals surface area contributed by atoms with Crippen LogP contribution >= 0.6 is 15.9 Å². The lowest BCUT2D eigenvalue weighted by atomic mass is 9.92. The van der Waals surface area contributed by atoms with Crippen LogP contribution in [0.1, 0.15) is 40.1 Å². The number of hydrogen-bond donors (Lipinski definition) is 0. The molecule has 0 bridgehead atoms. The molecule has 2 amide bonds. The Morgan fingerprint density at radius 2 is 1.68 bits per heavy atom. The van der Waals surface area contributed by atoms with Gasteiger partial charge in [0.2, 0.25) is 0 Å². The monoisotopic (exact) mass is 435 g/mol. The fraction of sp³-hybridized carbons (Fsp3) is 0.227. The number of fused-ring (bicyclic) bond motifs is 2. The number of carbonyl (C=O) groups excluding carboxylic acids is 2. The molecule has 1 aliphatic rings. The maximum atomic E-state index is 12.7. The van der Waals surface area contributed by atoms with Crippen molar-refractivity contribution in [3.8, 4) is 6.07 Å². The summed E-state index contributed by atoms with van der Waals surface area (Å²) in [6.07, 6.45) is 1.83. The molecule has 0 saturated heterocycles. The van der Waals surface area contributed by atoms with Crippen molar-refractivity contribution in [3.63, 3.8) is 0 Å². The van der Waals surface area contributed by atoms with Crippen LogP contribution in [0.2, 0.25) is 0 Å². The van der Waals surface area contributed by atoms with Crippen LogP contribution in [0.25, 0.3) is 10.9 Å². The molecule has 140 valence electrons. The summed E-state index contributed by atoms with van der Waals surface area (Å²) in [7, 11) is 0. The highest BCUT2D eigenvalue weighted by Gasteiger charge is 2.38. The Kier molecular flexibility index (Phi) is 4.35. The number of aromatic nitrogens is 1. The van der Waals surface area contributed by atoms with E-state index in [1.807, 2.05) is 42.8 Å². The number of carbonyl (C=O) groups is 2. The van der Waals surface area contributed by atoms with Gasteiger partial charge in [0.1, 0.15) is 6.07 Å². The van der Waals surface area contributed by atoms with Crippen molar-refractivity contribution in [1.82, 2.24) is 9.47 Å². The van der Waals surface area contributed by atoms with Gasteiger partial charge < -0.3 is 4.57 Å². The average molecular weight is 436 g/mol. The predicted molar refractivity (Wildman–Crippen MR) is 110 cm³/mol. The molecular formula is C22H18BrN3O2. The van der Waals surface area contributed by atoms with Gasteiger partial charge in [-0.25, -0.2) is 0 Å². The molecule has 0 saturated carbocycles. The summed E-state index contributed by atoms with van der Waals surface area (Å²) in [6, 6.07) is 15.0. The molecule has 28 heavy (non-hydrogen) atoms. The summed E-state index contributed by atoms with van der Waals surface area (Å²) in [4.78, 5) is 26.7. The Hall–Kier alpha value is -2.91. The Morgan fingerprint density at radius 3 is 2.29 bits per heavy atom. The largest absolute Gasteiger partial charge is 0.345 e. The smallest absolute Gasteiger partial charge is 0.261 e. The molecule has 4 rings (SSSR count). The Labute approximate surface area is 171 Å². The molecule has 0 fully saturated rings. The van der Waals surface area contributed by atoms with Gasteiger partial charge in [0.15, 0.2) is 0 Å². The number of imide groups is 1. The highest BCUT2D eigenvalue weighted by Crippen LogP contribution is 2.31. The first-order valence-electron chi connectivity index (χ1n) is 8.94. The molecule has 2 aromatic carbocycles. The third-order valence-corrected chi connectivity index (χ3v) is 5.52. The molecule has 0 unspecified atom stereocenters. The Bertz CT molecular complexity index is 1140. The third kappa shape index (κ3) is 3.02.